The molecule has 2 aromatic carbocycles. The number of anilines is 2. The second-order valence-electron chi connectivity index (χ2n) is 9.32. The Kier molecular flexibility index (Phi) is 7.07. The van der Waals surface area contributed by atoms with Gasteiger partial charge in [0.2, 0.25) is 0 Å². The smallest absolute Gasteiger partial charge is 0.294 e. The van der Waals surface area contributed by atoms with Crippen LogP contribution in [-0.4, -0.2) is 61.2 Å². The molecule has 194 valence electrons. The number of carbonyl (C=O) groups is 1. The molecule has 11 nitrogen and oxygen atoms in total. The molecule has 0 saturated carbocycles. The number of nitriles is 1. The van der Waals surface area contributed by atoms with Crippen molar-refractivity contribution in [3.63, 3.8) is 0 Å². The predicted octanol–water partition coefficient (Wildman–Crippen LogP) is 1.66. The van der Waals surface area contributed by atoms with Gasteiger partial charge in [-0.2, -0.15) is 13.7 Å². The van der Waals surface area contributed by atoms with E-state index in [-0.39, 0.29) is 23.5 Å². The normalized spacial score (nSPS) is 21.9. The topological polar surface area (TPSA) is 187 Å². The second kappa shape index (κ2) is 9.95. The minimum absolute atomic E-state index is 0.00242. The number of carbonyl (C=O) groups excluding carboxylic acids is 1. The van der Waals surface area contributed by atoms with Crippen molar-refractivity contribution < 1.29 is 17.8 Å². The standard InChI is InChI=1S/C25H29N7O4S/c1-15(19(12-26)24-30-22-5-3-4-6-23(22)32(24)2)25(27,14-33)13-29-20-9-10-21(31-28)17-8-7-16(11-18(17)20)37(34,35)36/h3-11,14-15,19,22-23,29,31H,13,27-28H2,1-2H3,(H,34,35,36). The summed E-state index contributed by atoms with van der Waals surface area (Å²) in [6.45, 7) is 1.68. The lowest BCUT2D eigenvalue weighted by Gasteiger charge is -2.35. The highest BCUT2D eigenvalue weighted by Crippen LogP contribution is 2.34. The summed E-state index contributed by atoms with van der Waals surface area (Å²) in [7, 11) is -2.59. The van der Waals surface area contributed by atoms with E-state index in [1.54, 1.807) is 19.1 Å². The predicted molar refractivity (Wildman–Crippen MR) is 142 cm³/mol. The number of nitrogens with two attached hydrogens (primary N) is 2. The van der Waals surface area contributed by atoms with E-state index < -0.39 is 27.5 Å². The van der Waals surface area contributed by atoms with E-state index in [0.717, 1.165) is 0 Å². The molecule has 5 unspecified atom stereocenters. The van der Waals surface area contributed by atoms with Crippen LogP contribution in [0.5, 0.6) is 0 Å². The van der Waals surface area contributed by atoms with Gasteiger partial charge in [-0.1, -0.05) is 37.3 Å². The molecule has 0 spiro atoms. The van der Waals surface area contributed by atoms with Crippen molar-refractivity contribution in [2.24, 2.45) is 28.4 Å². The molecule has 2 aromatic rings. The van der Waals surface area contributed by atoms with Gasteiger partial charge in [-0.05, 0) is 24.3 Å². The fraction of sp³-hybridized carbons (Fsp3) is 0.320. The zero-order valence-electron chi connectivity index (χ0n) is 20.4. The van der Waals surface area contributed by atoms with Crippen molar-refractivity contribution in [3.8, 4) is 6.07 Å². The lowest BCUT2D eigenvalue weighted by molar-refractivity contribution is -0.113. The Morgan fingerprint density at radius 1 is 1.24 bits per heavy atom. The van der Waals surface area contributed by atoms with E-state index in [9.17, 15) is 23.0 Å². The summed E-state index contributed by atoms with van der Waals surface area (Å²) >= 11 is 0. The molecule has 37 heavy (non-hydrogen) atoms. The molecule has 2 aliphatic rings. The summed E-state index contributed by atoms with van der Waals surface area (Å²) in [5, 5.41) is 14.2. The lowest BCUT2D eigenvalue weighted by atomic mass is 9.77. The number of benzene rings is 2. The number of hydrogen-bond acceptors (Lipinski definition) is 10. The van der Waals surface area contributed by atoms with Crippen LogP contribution < -0.4 is 22.3 Å². The molecular weight excluding hydrogens is 494 g/mol. The van der Waals surface area contributed by atoms with Crippen LogP contribution in [0.1, 0.15) is 6.92 Å². The third-order valence-corrected chi connectivity index (χ3v) is 8.03. The molecule has 0 bridgehead atoms. The molecule has 0 amide bonds. The molecule has 12 heteroatoms. The molecule has 1 aliphatic carbocycles. The van der Waals surface area contributed by atoms with Crippen LogP contribution in [0.3, 0.4) is 0 Å². The van der Waals surface area contributed by atoms with E-state index in [4.69, 9.17) is 16.6 Å². The van der Waals surface area contributed by atoms with Crippen molar-refractivity contribution >= 4 is 44.4 Å². The molecular formula is C25H29N7O4S. The molecule has 4 rings (SSSR count). The first-order valence-corrected chi connectivity index (χ1v) is 13.0. The Morgan fingerprint density at radius 2 is 1.95 bits per heavy atom. The number of nitrogens with zero attached hydrogens (tertiary/aromatic N) is 3. The highest BCUT2D eigenvalue weighted by atomic mass is 32.2. The number of nitrogens with one attached hydrogen (secondary N) is 2. The number of fused-ring (bicyclic) bond motifs is 2. The van der Waals surface area contributed by atoms with Crippen molar-refractivity contribution in [3.05, 3.63) is 54.6 Å². The van der Waals surface area contributed by atoms with Crippen molar-refractivity contribution in [2.45, 2.75) is 29.4 Å². The average molecular weight is 524 g/mol. The quantitative estimate of drug-likeness (QED) is 0.140. The number of hydrazine groups is 1. The van der Waals surface area contributed by atoms with Gasteiger partial charge in [-0.3, -0.25) is 15.4 Å². The highest BCUT2D eigenvalue weighted by Gasteiger charge is 2.44. The van der Waals surface area contributed by atoms with Gasteiger partial charge < -0.3 is 26.2 Å². The third kappa shape index (κ3) is 4.82. The van der Waals surface area contributed by atoms with Crippen molar-refractivity contribution in [2.75, 3.05) is 24.3 Å². The van der Waals surface area contributed by atoms with Crippen LogP contribution in [0.15, 0.2) is 64.5 Å². The van der Waals surface area contributed by atoms with E-state index >= 15 is 0 Å². The average Bonchev–Trinajstić information content (AvgIpc) is 3.22. The monoisotopic (exact) mass is 523 g/mol. The Hall–Kier alpha value is -3.76. The SMILES string of the molecule is CC(C(C#N)C1=NC2C=CC=CC2N1C)C(N)(C=O)CNc1ccc(NN)c2ccc(S(=O)(=O)O)cc12. The van der Waals surface area contributed by atoms with Gasteiger partial charge >= 0.3 is 0 Å². The van der Waals surface area contributed by atoms with E-state index in [1.165, 1.54) is 18.2 Å². The molecule has 7 N–H and O–H groups in total. The van der Waals surface area contributed by atoms with Gasteiger partial charge in [0.1, 0.15) is 18.0 Å². The minimum Gasteiger partial charge on any atom is -0.382 e. The van der Waals surface area contributed by atoms with Gasteiger partial charge in [-0.15, -0.1) is 0 Å². The van der Waals surface area contributed by atoms with Crippen LogP contribution in [-0.2, 0) is 14.9 Å². The third-order valence-electron chi connectivity index (χ3n) is 7.18. The summed E-state index contributed by atoms with van der Waals surface area (Å²) in [6.07, 6.45) is 8.46. The van der Waals surface area contributed by atoms with Crippen molar-refractivity contribution in [1.82, 2.24) is 4.90 Å². The number of hydrogen-bond donors (Lipinski definition) is 5. The maximum absolute atomic E-state index is 12.3. The van der Waals surface area contributed by atoms with E-state index in [2.05, 4.69) is 16.8 Å². The van der Waals surface area contributed by atoms with Crippen LogP contribution in [0, 0.1) is 23.2 Å². The summed E-state index contributed by atoms with van der Waals surface area (Å²) in [6, 6.07) is 9.61. The fourth-order valence-electron chi connectivity index (χ4n) is 4.79. The molecule has 0 fully saturated rings. The summed E-state index contributed by atoms with van der Waals surface area (Å²) < 4.78 is 33.0. The van der Waals surface area contributed by atoms with Gasteiger partial charge in [-0.25, -0.2) is 0 Å². The van der Waals surface area contributed by atoms with Gasteiger partial charge in [0.05, 0.1) is 34.3 Å². The number of allylic oxidation sites excluding steroid dienone is 2. The van der Waals surface area contributed by atoms with Crippen LogP contribution in [0.2, 0.25) is 0 Å². The molecule has 5 atom stereocenters. The van der Waals surface area contributed by atoms with Crippen LogP contribution in [0.4, 0.5) is 11.4 Å². The van der Waals surface area contributed by atoms with E-state index in [1.807, 2.05) is 36.3 Å². The van der Waals surface area contributed by atoms with Crippen LogP contribution in [0.25, 0.3) is 10.8 Å². The highest BCUT2D eigenvalue weighted by molar-refractivity contribution is 7.85. The first-order chi connectivity index (χ1) is 17.5. The number of amidine groups is 1. The van der Waals surface area contributed by atoms with E-state index in [0.29, 0.717) is 34.3 Å². The minimum atomic E-state index is -4.45. The Balaban J connectivity index is 1.64. The number of nitrogen functional groups attached to an aromatic ring is 1. The van der Waals surface area contributed by atoms with Gasteiger partial charge in [0.15, 0.2) is 0 Å². The number of likely N-dealkylation sites (N-methyl/N-ethyl adjacent to an activating group) is 1. The number of rotatable bonds is 9. The maximum Gasteiger partial charge on any atom is 0.294 e. The van der Waals surface area contributed by atoms with Gasteiger partial charge in [0, 0.05) is 36.0 Å². The Labute approximate surface area is 215 Å². The zero-order valence-corrected chi connectivity index (χ0v) is 21.2. The van der Waals surface area contributed by atoms with Crippen molar-refractivity contribution in [1.29, 1.82) is 5.26 Å². The second-order valence-corrected chi connectivity index (χ2v) is 10.7. The molecule has 0 aromatic heterocycles. The molecule has 0 radical (unpaired) electrons. The number of aliphatic imine (C=N–C) groups is 1. The molecule has 1 aliphatic heterocycles. The summed E-state index contributed by atoms with van der Waals surface area (Å²) in [4.78, 5) is 18.7. The number of aldehydes is 1. The van der Waals surface area contributed by atoms with Crippen LogP contribution >= 0.6 is 0 Å². The largest absolute Gasteiger partial charge is 0.382 e. The lowest BCUT2D eigenvalue weighted by Crippen LogP contribution is -2.57. The Bertz CT molecular complexity index is 1460. The summed E-state index contributed by atoms with van der Waals surface area (Å²) in [5.41, 5.74) is 8.65. The fourth-order valence-corrected chi connectivity index (χ4v) is 5.29. The summed E-state index contributed by atoms with van der Waals surface area (Å²) in [5.74, 6) is 4.80. The molecule has 1 heterocycles. The first kappa shape index (κ1) is 26.3. The maximum atomic E-state index is 12.3. The first-order valence-electron chi connectivity index (χ1n) is 11.6. The molecule has 0 saturated heterocycles. The zero-order chi connectivity index (χ0) is 27.0. The van der Waals surface area contributed by atoms with Gasteiger partial charge in [0.25, 0.3) is 10.1 Å². The Morgan fingerprint density at radius 3 is 2.57 bits per heavy atom.